The standard InChI is InChI=1S/C12H15ClN2O3/c1-12(5-2-6-18-12)7-14-10-8(11(16)17)3-4-9(13)15-10/h3-4H,2,5-7H2,1H3,(H,14,15)(H,16,17). The first kappa shape index (κ1) is 13.1. The number of aromatic nitrogens is 1. The summed E-state index contributed by atoms with van der Waals surface area (Å²) in [5.74, 6) is -0.745. The van der Waals surface area contributed by atoms with Crippen LogP contribution in [0.25, 0.3) is 0 Å². The maximum absolute atomic E-state index is 11.1. The first-order valence-corrected chi connectivity index (χ1v) is 6.16. The second-order valence-electron chi connectivity index (χ2n) is 4.59. The van der Waals surface area contributed by atoms with Gasteiger partial charge in [-0.1, -0.05) is 11.6 Å². The largest absolute Gasteiger partial charge is 0.478 e. The molecule has 6 heteroatoms. The molecule has 0 aliphatic carbocycles. The van der Waals surface area contributed by atoms with E-state index in [2.05, 4.69) is 10.3 Å². The Kier molecular flexibility index (Phi) is 3.73. The lowest BCUT2D eigenvalue weighted by molar-refractivity contribution is 0.0314. The monoisotopic (exact) mass is 270 g/mol. The molecule has 1 atom stereocenters. The highest BCUT2D eigenvalue weighted by molar-refractivity contribution is 6.29. The number of carboxylic acid groups (broad SMARTS) is 1. The summed E-state index contributed by atoms with van der Waals surface area (Å²) < 4.78 is 5.62. The van der Waals surface area contributed by atoms with Gasteiger partial charge < -0.3 is 15.2 Å². The molecule has 0 radical (unpaired) electrons. The van der Waals surface area contributed by atoms with Crippen LogP contribution in [0, 0.1) is 0 Å². The Hall–Kier alpha value is -1.33. The van der Waals surface area contributed by atoms with Gasteiger partial charge in [-0.3, -0.25) is 0 Å². The van der Waals surface area contributed by atoms with Crippen molar-refractivity contribution in [1.82, 2.24) is 4.98 Å². The zero-order chi connectivity index (χ0) is 13.2. The van der Waals surface area contributed by atoms with Crippen LogP contribution in [0.5, 0.6) is 0 Å². The first-order valence-electron chi connectivity index (χ1n) is 5.78. The zero-order valence-corrected chi connectivity index (χ0v) is 10.8. The van der Waals surface area contributed by atoms with Gasteiger partial charge in [-0.2, -0.15) is 0 Å². The van der Waals surface area contributed by atoms with Crippen LogP contribution in [0.4, 0.5) is 5.82 Å². The summed E-state index contributed by atoms with van der Waals surface area (Å²) in [6.45, 7) is 3.26. The van der Waals surface area contributed by atoms with E-state index >= 15 is 0 Å². The molecule has 0 spiro atoms. The van der Waals surface area contributed by atoms with Crippen molar-refractivity contribution in [3.05, 3.63) is 22.8 Å². The van der Waals surface area contributed by atoms with Gasteiger partial charge in [-0.05, 0) is 31.9 Å². The molecule has 1 aliphatic heterocycles. The molecule has 98 valence electrons. The molecule has 1 unspecified atom stereocenters. The van der Waals surface area contributed by atoms with Crippen LogP contribution in [0.1, 0.15) is 30.1 Å². The SMILES string of the molecule is CC1(CNc2nc(Cl)ccc2C(=O)O)CCCO1. The van der Waals surface area contributed by atoms with Gasteiger partial charge in [-0.25, -0.2) is 9.78 Å². The van der Waals surface area contributed by atoms with Crippen molar-refractivity contribution < 1.29 is 14.6 Å². The summed E-state index contributed by atoms with van der Waals surface area (Å²) in [7, 11) is 0. The van der Waals surface area contributed by atoms with E-state index in [4.69, 9.17) is 21.4 Å². The van der Waals surface area contributed by atoms with Gasteiger partial charge in [0.1, 0.15) is 16.5 Å². The molecule has 2 N–H and O–H groups in total. The summed E-state index contributed by atoms with van der Waals surface area (Å²) in [5.41, 5.74) is -0.152. The van der Waals surface area contributed by atoms with E-state index in [1.807, 2.05) is 6.92 Å². The molecule has 0 saturated carbocycles. The van der Waals surface area contributed by atoms with Crippen molar-refractivity contribution in [2.75, 3.05) is 18.5 Å². The number of halogens is 1. The number of ether oxygens (including phenoxy) is 1. The number of pyridine rings is 1. The lowest BCUT2D eigenvalue weighted by Crippen LogP contribution is -2.33. The van der Waals surface area contributed by atoms with Crippen molar-refractivity contribution in [2.45, 2.75) is 25.4 Å². The topological polar surface area (TPSA) is 71.5 Å². The molecule has 0 aromatic carbocycles. The fourth-order valence-corrected chi connectivity index (χ4v) is 2.14. The van der Waals surface area contributed by atoms with Crippen LogP contribution in [0.15, 0.2) is 12.1 Å². The number of carboxylic acids is 1. The highest BCUT2D eigenvalue weighted by atomic mass is 35.5. The molecule has 0 amide bonds. The van der Waals surface area contributed by atoms with Crippen LogP contribution in [-0.2, 0) is 4.74 Å². The smallest absolute Gasteiger partial charge is 0.339 e. The van der Waals surface area contributed by atoms with Crippen molar-refractivity contribution in [2.24, 2.45) is 0 Å². The Balaban J connectivity index is 2.12. The van der Waals surface area contributed by atoms with Gasteiger partial charge in [0.05, 0.1) is 5.60 Å². The molecule has 0 bridgehead atoms. The molecule has 1 aromatic rings. The van der Waals surface area contributed by atoms with Gasteiger partial charge in [0.2, 0.25) is 0 Å². The molecule has 18 heavy (non-hydrogen) atoms. The van der Waals surface area contributed by atoms with Crippen molar-refractivity contribution in [3.63, 3.8) is 0 Å². The lowest BCUT2D eigenvalue weighted by atomic mass is 10.0. The minimum atomic E-state index is -1.03. The van der Waals surface area contributed by atoms with E-state index in [0.717, 1.165) is 19.4 Å². The summed E-state index contributed by atoms with van der Waals surface area (Å²) in [6.07, 6.45) is 1.97. The molecule has 5 nitrogen and oxygen atoms in total. The van der Waals surface area contributed by atoms with Gasteiger partial charge in [0.25, 0.3) is 0 Å². The summed E-state index contributed by atoms with van der Waals surface area (Å²) >= 11 is 5.78. The van der Waals surface area contributed by atoms with Crippen molar-refractivity contribution in [1.29, 1.82) is 0 Å². The average molecular weight is 271 g/mol. The molecule has 1 saturated heterocycles. The minimum absolute atomic E-state index is 0.112. The van der Waals surface area contributed by atoms with Gasteiger partial charge in [0.15, 0.2) is 0 Å². The highest BCUT2D eigenvalue weighted by Crippen LogP contribution is 2.26. The maximum atomic E-state index is 11.1. The molecule has 2 rings (SSSR count). The van der Waals surface area contributed by atoms with E-state index in [-0.39, 0.29) is 22.1 Å². The number of hydrogen-bond donors (Lipinski definition) is 2. The van der Waals surface area contributed by atoms with Crippen LogP contribution in [0.3, 0.4) is 0 Å². The Labute approximate surface area is 110 Å². The summed E-state index contributed by atoms with van der Waals surface area (Å²) in [6, 6.07) is 2.90. The van der Waals surface area contributed by atoms with E-state index in [1.165, 1.54) is 12.1 Å². The van der Waals surface area contributed by atoms with Gasteiger partial charge >= 0.3 is 5.97 Å². The van der Waals surface area contributed by atoms with Crippen molar-refractivity contribution in [3.8, 4) is 0 Å². The number of nitrogens with one attached hydrogen (secondary N) is 1. The quantitative estimate of drug-likeness (QED) is 0.822. The van der Waals surface area contributed by atoms with E-state index in [0.29, 0.717) is 6.54 Å². The molecule has 1 aliphatic rings. The third-order valence-electron chi connectivity index (χ3n) is 3.02. The third-order valence-corrected chi connectivity index (χ3v) is 3.23. The van der Waals surface area contributed by atoms with Crippen LogP contribution in [-0.4, -0.2) is 34.8 Å². The summed E-state index contributed by atoms with van der Waals surface area (Å²) in [4.78, 5) is 15.1. The van der Waals surface area contributed by atoms with E-state index in [1.54, 1.807) is 0 Å². The maximum Gasteiger partial charge on any atom is 0.339 e. The van der Waals surface area contributed by atoms with Crippen molar-refractivity contribution >= 4 is 23.4 Å². The van der Waals surface area contributed by atoms with Crippen LogP contribution < -0.4 is 5.32 Å². The Morgan fingerprint density at radius 3 is 3.06 bits per heavy atom. The minimum Gasteiger partial charge on any atom is -0.478 e. The molecular formula is C12H15ClN2O3. The highest BCUT2D eigenvalue weighted by Gasteiger charge is 2.30. The predicted octanol–water partition coefficient (Wildman–Crippen LogP) is 2.41. The number of anilines is 1. The molecule has 1 fully saturated rings. The van der Waals surface area contributed by atoms with E-state index < -0.39 is 5.97 Å². The third kappa shape index (κ3) is 2.91. The number of carbonyl (C=O) groups is 1. The fraction of sp³-hybridized carbons (Fsp3) is 0.500. The molecule has 2 heterocycles. The second-order valence-corrected chi connectivity index (χ2v) is 4.98. The lowest BCUT2D eigenvalue weighted by Gasteiger charge is -2.24. The Morgan fingerprint density at radius 2 is 2.44 bits per heavy atom. The number of aromatic carboxylic acids is 1. The normalized spacial score (nSPS) is 23.0. The summed E-state index contributed by atoms with van der Waals surface area (Å²) in [5, 5.41) is 12.3. The first-order chi connectivity index (χ1) is 8.50. The number of nitrogens with zero attached hydrogens (tertiary/aromatic N) is 1. The van der Waals surface area contributed by atoms with E-state index in [9.17, 15) is 4.79 Å². The zero-order valence-electron chi connectivity index (χ0n) is 10.1. The van der Waals surface area contributed by atoms with Crippen LogP contribution in [0.2, 0.25) is 5.15 Å². The second kappa shape index (κ2) is 5.12. The average Bonchev–Trinajstić information content (AvgIpc) is 2.74. The Bertz CT molecular complexity index is 459. The Morgan fingerprint density at radius 1 is 1.67 bits per heavy atom. The predicted molar refractivity (Wildman–Crippen MR) is 68.3 cm³/mol. The van der Waals surface area contributed by atoms with Crippen LogP contribution >= 0.6 is 11.6 Å². The van der Waals surface area contributed by atoms with Gasteiger partial charge in [0, 0.05) is 13.2 Å². The van der Waals surface area contributed by atoms with Gasteiger partial charge in [-0.15, -0.1) is 0 Å². The molecule has 1 aromatic heterocycles. The number of rotatable bonds is 4. The molecular weight excluding hydrogens is 256 g/mol. The number of hydrogen-bond acceptors (Lipinski definition) is 4. The fourth-order valence-electron chi connectivity index (χ4n) is 1.99.